The summed E-state index contributed by atoms with van der Waals surface area (Å²) in [7, 11) is -3.78. The first kappa shape index (κ1) is 18.8. The highest BCUT2D eigenvalue weighted by molar-refractivity contribution is 7.89. The SMILES string of the molecule is NS(=O)(=O)c1ccc(N(C(=S)Nc2ccccc2)c2ccc(O)cc2)cc1. The van der Waals surface area contributed by atoms with Crippen molar-refractivity contribution in [1.29, 1.82) is 0 Å². The molecule has 0 aliphatic carbocycles. The lowest BCUT2D eigenvalue weighted by Gasteiger charge is -2.26. The minimum Gasteiger partial charge on any atom is -0.508 e. The molecule has 0 saturated carbocycles. The summed E-state index contributed by atoms with van der Waals surface area (Å²) in [6, 6.07) is 22.0. The van der Waals surface area contributed by atoms with Crippen LogP contribution < -0.4 is 15.4 Å². The van der Waals surface area contributed by atoms with Crippen molar-refractivity contribution < 1.29 is 13.5 Å². The summed E-state index contributed by atoms with van der Waals surface area (Å²) < 4.78 is 23.0. The van der Waals surface area contributed by atoms with Crippen LogP contribution in [0, 0.1) is 0 Å². The Bertz CT molecular complexity index is 1040. The van der Waals surface area contributed by atoms with Gasteiger partial charge in [-0.15, -0.1) is 0 Å². The van der Waals surface area contributed by atoms with Crippen LogP contribution in [0.25, 0.3) is 0 Å². The standard InChI is InChI=1S/C19H17N3O3S2/c20-27(24,25)18-12-8-16(9-13-18)22(15-6-10-17(23)11-7-15)19(26)21-14-4-2-1-3-5-14/h1-13,23H,(H,21,26)(H2,20,24,25). The number of sulfonamides is 1. The molecule has 8 heteroatoms. The molecule has 0 unspecified atom stereocenters. The van der Waals surface area contributed by atoms with E-state index in [0.29, 0.717) is 16.5 Å². The van der Waals surface area contributed by atoms with Crippen molar-refractivity contribution in [2.24, 2.45) is 5.14 Å². The number of phenolic OH excluding ortho intramolecular Hbond substituents is 1. The van der Waals surface area contributed by atoms with E-state index in [0.717, 1.165) is 5.69 Å². The Hall–Kier alpha value is -2.94. The van der Waals surface area contributed by atoms with E-state index < -0.39 is 10.0 Å². The predicted octanol–water partition coefficient (Wildman–Crippen LogP) is 3.57. The number of nitrogens with zero attached hydrogens (tertiary/aromatic N) is 1. The number of anilines is 3. The van der Waals surface area contributed by atoms with Gasteiger partial charge in [0.2, 0.25) is 10.0 Å². The van der Waals surface area contributed by atoms with E-state index in [4.69, 9.17) is 17.4 Å². The summed E-state index contributed by atoms with van der Waals surface area (Å²) in [4.78, 5) is 1.74. The first-order valence-electron chi connectivity index (χ1n) is 7.93. The molecule has 138 valence electrons. The number of thiocarbonyl (C=S) groups is 1. The van der Waals surface area contributed by atoms with Crippen LogP contribution >= 0.6 is 12.2 Å². The van der Waals surface area contributed by atoms with Crippen molar-refractivity contribution >= 4 is 44.4 Å². The smallest absolute Gasteiger partial charge is 0.238 e. The molecule has 0 saturated heterocycles. The summed E-state index contributed by atoms with van der Waals surface area (Å²) in [6.45, 7) is 0. The highest BCUT2D eigenvalue weighted by Crippen LogP contribution is 2.29. The number of nitrogens with one attached hydrogen (secondary N) is 1. The maximum Gasteiger partial charge on any atom is 0.238 e. The number of phenols is 1. The second-order valence-electron chi connectivity index (χ2n) is 5.69. The number of para-hydroxylation sites is 1. The summed E-state index contributed by atoms with van der Waals surface area (Å²) in [5, 5.41) is 18.3. The number of rotatable bonds is 4. The number of aromatic hydroxyl groups is 1. The van der Waals surface area contributed by atoms with Gasteiger partial charge in [-0.05, 0) is 72.9 Å². The van der Waals surface area contributed by atoms with E-state index in [1.165, 1.54) is 12.1 Å². The molecule has 3 aromatic carbocycles. The lowest BCUT2D eigenvalue weighted by molar-refractivity contribution is 0.475. The fourth-order valence-electron chi connectivity index (χ4n) is 2.47. The maximum atomic E-state index is 11.5. The quantitative estimate of drug-likeness (QED) is 0.581. The Kier molecular flexibility index (Phi) is 5.41. The molecule has 4 N–H and O–H groups in total. The molecule has 27 heavy (non-hydrogen) atoms. The fraction of sp³-hybridized carbons (Fsp3) is 0. The van der Waals surface area contributed by atoms with Crippen LogP contribution in [0.1, 0.15) is 0 Å². The Balaban J connectivity index is 1.99. The minimum absolute atomic E-state index is 0.0128. The van der Waals surface area contributed by atoms with Crippen LogP contribution in [0.5, 0.6) is 5.75 Å². The van der Waals surface area contributed by atoms with Gasteiger partial charge < -0.3 is 10.4 Å². The first-order valence-corrected chi connectivity index (χ1v) is 9.88. The molecule has 3 aromatic rings. The highest BCUT2D eigenvalue weighted by Gasteiger charge is 2.16. The molecule has 0 spiro atoms. The van der Waals surface area contributed by atoms with E-state index in [9.17, 15) is 13.5 Å². The van der Waals surface area contributed by atoms with E-state index in [1.54, 1.807) is 41.3 Å². The highest BCUT2D eigenvalue weighted by atomic mass is 32.2. The molecule has 0 aliphatic rings. The normalized spacial score (nSPS) is 11.0. The largest absolute Gasteiger partial charge is 0.508 e. The Labute approximate surface area is 162 Å². The average Bonchev–Trinajstić information content (AvgIpc) is 2.64. The van der Waals surface area contributed by atoms with Crippen LogP contribution in [0.4, 0.5) is 17.1 Å². The molecule has 3 rings (SSSR count). The van der Waals surface area contributed by atoms with Crippen molar-refractivity contribution in [2.75, 3.05) is 10.2 Å². The Morgan fingerprint density at radius 3 is 1.93 bits per heavy atom. The molecule has 0 atom stereocenters. The van der Waals surface area contributed by atoms with Crippen molar-refractivity contribution in [3.8, 4) is 5.75 Å². The molecule has 0 fully saturated rings. The van der Waals surface area contributed by atoms with Crippen molar-refractivity contribution in [3.63, 3.8) is 0 Å². The molecule has 6 nitrogen and oxygen atoms in total. The number of benzene rings is 3. The fourth-order valence-corrected chi connectivity index (χ4v) is 3.32. The Morgan fingerprint density at radius 2 is 1.41 bits per heavy atom. The van der Waals surface area contributed by atoms with Gasteiger partial charge in [0.1, 0.15) is 5.75 Å². The van der Waals surface area contributed by atoms with E-state index >= 15 is 0 Å². The molecular formula is C19H17N3O3S2. The lowest BCUT2D eigenvalue weighted by atomic mass is 10.2. The third-order valence-corrected chi connectivity index (χ3v) is 4.97. The number of hydrogen-bond acceptors (Lipinski definition) is 4. The van der Waals surface area contributed by atoms with Crippen LogP contribution in [0.15, 0.2) is 83.8 Å². The van der Waals surface area contributed by atoms with E-state index in [-0.39, 0.29) is 10.6 Å². The zero-order valence-electron chi connectivity index (χ0n) is 14.1. The summed E-state index contributed by atoms with van der Waals surface area (Å²) in [5.41, 5.74) is 2.15. The van der Waals surface area contributed by atoms with Gasteiger partial charge in [0.25, 0.3) is 0 Å². The van der Waals surface area contributed by atoms with Crippen molar-refractivity contribution in [2.45, 2.75) is 4.90 Å². The summed E-state index contributed by atoms with van der Waals surface area (Å²) in [6.07, 6.45) is 0. The van der Waals surface area contributed by atoms with Crippen molar-refractivity contribution in [1.82, 2.24) is 0 Å². The average molecular weight is 399 g/mol. The summed E-state index contributed by atoms with van der Waals surface area (Å²) >= 11 is 5.57. The van der Waals surface area contributed by atoms with Gasteiger partial charge in [-0.1, -0.05) is 18.2 Å². The maximum absolute atomic E-state index is 11.5. The van der Waals surface area contributed by atoms with Crippen LogP contribution in [0.2, 0.25) is 0 Å². The Morgan fingerprint density at radius 1 is 0.889 bits per heavy atom. The van der Waals surface area contributed by atoms with E-state index in [2.05, 4.69) is 5.32 Å². The van der Waals surface area contributed by atoms with Crippen molar-refractivity contribution in [3.05, 3.63) is 78.9 Å². The van der Waals surface area contributed by atoms with Crippen LogP contribution in [-0.2, 0) is 10.0 Å². The number of nitrogens with two attached hydrogens (primary N) is 1. The van der Waals surface area contributed by atoms with Gasteiger partial charge in [0.15, 0.2) is 5.11 Å². The second kappa shape index (κ2) is 7.75. The molecule has 0 radical (unpaired) electrons. The summed E-state index contributed by atoms with van der Waals surface area (Å²) in [5.74, 6) is 0.130. The third-order valence-electron chi connectivity index (χ3n) is 3.76. The van der Waals surface area contributed by atoms with Gasteiger partial charge in [0, 0.05) is 17.1 Å². The monoisotopic (exact) mass is 399 g/mol. The molecular weight excluding hydrogens is 382 g/mol. The number of hydrogen-bond donors (Lipinski definition) is 3. The number of primary sulfonamides is 1. The zero-order chi connectivity index (χ0) is 19.4. The molecule has 0 heterocycles. The van der Waals surface area contributed by atoms with Gasteiger partial charge in [-0.25, -0.2) is 13.6 Å². The molecule has 0 aromatic heterocycles. The van der Waals surface area contributed by atoms with Gasteiger partial charge in [-0.2, -0.15) is 0 Å². The minimum atomic E-state index is -3.78. The molecule has 0 amide bonds. The second-order valence-corrected chi connectivity index (χ2v) is 7.64. The lowest BCUT2D eigenvalue weighted by Crippen LogP contribution is -2.30. The van der Waals surface area contributed by atoms with Gasteiger partial charge in [-0.3, -0.25) is 4.90 Å². The van der Waals surface area contributed by atoms with Crippen LogP contribution in [0.3, 0.4) is 0 Å². The van der Waals surface area contributed by atoms with Gasteiger partial charge in [0.05, 0.1) is 4.90 Å². The topological polar surface area (TPSA) is 95.7 Å². The van der Waals surface area contributed by atoms with Crippen LogP contribution in [-0.4, -0.2) is 18.6 Å². The predicted molar refractivity (Wildman–Crippen MR) is 111 cm³/mol. The van der Waals surface area contributed by atoms with Gasteiger partial charge >= 0.3 is 0 Å². The van der Waals surface area contributed by atoms with E-state index in [1.807, 2.05) is 30.3 Å². The molecule has 0 aliphatic heterocycles. The third kappa shape index (κ3) is 4.62. The first-order chi connectivity index (χ1) is 12.8. The molecule has 0 bridgehead atoms. The zero-order valence-corrected chi connectivity index (χ0v) is 15.7.